The van der Waals surface area contributed by atoms with Crippen LogP contribution >= 0.6 is 0 Å². The molecule has 1 aliphatic carbocycles. The van der Waals surface area contributed by atoms with Crippen LogP contribution in [0, 0.1) is 0 Å². The quantitative estimate of drug-likeness (QED) is 0.180. The van der Waals surface area contributed by atoms with Crippen LogP contribution in [0.4, 0.5) is 11.4 Å². The van der Waals surface area contributed by atoms with Crippen molar-refractivity contribution in [2.45, 2.75) is 12.0 Å². The highest BCUT2D eigenvalue weighted by Crippen LogP contribution is 2.52. The first-order valence-electron chi connectivity index (χ1n) is 18.5. The lowest BCUT2D eigenvalue weighted by Gasteiger charge is -2.28. The zero-order valence-electron chi connectivity index (χ0n) is 29.3. The van der Waals surface area contributed by atoms with Crippen molar-refractivity contribution >= 4 is 44.1 Å². The van der Waals surface area contributed by atoms with Gasteiger partial charge in [0.25, 0.3) is 0 Å². The maximum Gasteiger partial charge on any atom is 0.164 e. The van der Waals surface area contributed by atoms with E-state index in [0.717, 1.165) is 61.4 Å². The van der Waals surface area contributed by atoms with E-state index in [1.165, 1.54) is 27.5 Å². The molecule has 4 nitrogen and oxygen atoms in total. The Hall–Kier alpha value is -7.04. The number of aromatic nitrogens is 2. The van der Waals surface area contributed by atoms with E-state index in [4.69, 9.17) is 14.4 Å². The molecule has 0 fully saturated rings. The van der Waals surface area contributed by atoms with Gasteiger partial charge in [-0.2, -0.15) is 0 Å². The van der Waals surface area contributed by atoms with Crippen LogP contribution in [-0.2, 0) is 0 Å². The fraction of sp³-hybridized carbons (Fsp3) is 0.0400. The zero-order valence-corrected chi connectivity index (χ0v) is 29.3. The number of furan rings is 1. The maximum atomic E-state index is 7.08. The summed E-state index contributed by atoms with van der Waals surface area (Å²) in [7, 11) is 0. The maximum absolute atomic E-state index is 7.08. The molecule has 9 aromatic rings. The van der Waals surface area contributed by atoms with Gasteiger partial charge in [-0.25, -0.2) is 9.97 Å². The van der Waals surface area contributed by atoms with E-state index in [-0.39, 0.29) is 12.0 Å². The smallest absolute Gasteiger partial charge is 0.164 e. The Balaban J connectivity index is 1.11. The van der Waals surface area contributed by atoms with Crippen LogP contribution in [0.5, 0.6) is 0 Å². The third-order valence-corrected chi connectivity index (χ3v) is 11.0. The summed E-state index contributed by atoms with van der Waals surface area (Å²) in [4.78, 5) is 13.0. The Morgan fingerprint density at radius 1 is 0.481 bits per heavy atom. The van der Waals surface area contributed by atoms with E-state index >= 15 is 0 Å². The molecule has 254 valence electrons. The molecule has 0 bridgehead atoms. The fourth-order valence-corrected chi connectivity index (χ4v) is 8.40. The molecule has 0 saturated heterocycles. The average molecular weight is 692 g/mol. The number of para-hydroxylation sites is 2. The molecule has 4 heteroatoms. The van der Waals surface area contributed by atoms with Gasteiger partial charge in [0.05, 0.1) is 28.7 Å². The molecular weight excluding hydrogens is 659 g/mol. The van der Waals surface area contributed by atoms with Crippen LogP contribution < -0.4 is 4.90 Å². The SMILES string of the molecule is C1=CC2c3ccc4c(oc5c(-c6nc(-c7ccc(-c8ccccc8)cc7)cc(-c7ccc8ccccc8c7)n6)cccc54)c3N(c3ccccc3)C2C=C1. The van der Waals surface area contributed by atoms with Gasteiger partial charge in [-0.05, 0) is 57.8 Å². The summed E-state index contributed by atoms with van der Waals surface area (Å²) in [5.74, 6) is 0.864. The van der Waals surface area contributed by atoms with Crippen molar-refractivity contribution in [2.24, 2.45) is 0 Å². The second kappa shape index (κ2) is 12.3. The zero-order chi connectivity index (χ0) is 35.6. The molecule has 11 rings (SSSR count). The van der Waals surface area contributed by atoms with Crippen molar-refractivity contribution in [3.8, 4) is 45.0 Å². The van der Waals surface area contributed by atoms with Gasteiger partial charge < -0.3 is 9.32 Å². The van der Waals surface area contributed by atoms with Crippen molar-refractivity contribution in [1.29, 1.82) is 0 Å². The lowest BCUT2D eigenvalue weighted by atomic mass is 9.91. The fourth-order valence-electron chi connectivity index (χ4n) is 8.40. The number of hydrogen-bond acceptors (Lipinski definition) is 4. The van der Waals surface area contributed by atoms with Crippen molar-refractivity contribution in [3.63, 3.8) is 0 Å². The van der Waals surface area contributed by atoms with Gasteiger partial charge in [0.2, 0.25) is 0 Å². The number of hydrogen-bond donors (Lipinski definition) is 0. The first-order valence-corrected chi connectivity index (χ1v) is 18.5. The highest BCUT2D eigenvalue weighted by molar-refractivity contribution is 6.14. The minimum Gasteiger partial charge on any atom is -0.453 e. The number of fused-ring (bicyclic) bond motifs is 8. The molecule has 2 aliphatic rings. The van der Waals surface area contributed by atoms with Crippen LogP contribution in [0.1, 0.15) is 11.5 Å². The van der Waals surface area contributed by atoms with Crippen LogP contribution in [0.3, 0.4) is 0 Å². The van der Waals surface area contributed by atoms with Crippen LogP contribution in [-0.4, -0.2) is 16.0 Å². The van der Waals surface area contributed by atoms with E-state index in [1.807, 2.05) is 6.07 Å². The van der Waals surface area contributed by atoms with Gasteiger partial charge in [-0.1, -0.05) is 158 Å². The van der Waals surface area contributed by atoms with Gasteiger partial charge >= 0.3 is 0 Å². The standard InChI is InChI=1S/C50H33N3O/c1-3-12-32(13-4-1)34-22-25-35(26-23-34)44-31-45(37-27-24-33-14-7-8-15-36(33)30-37)52-50(51-44)43-20-11-19-41-42-29-28-40-39-18-9-10-21-46(39)53(38-16-5-2-6-17-38)47(40)49(42)54-48(41)43/h1-31,39,46H. The third-order valence-electron chi connectivity index (χ3n) is 11.0. The largest absolute Gasteiger partial charge is 0.453 e. The Bertz CT molecular complexity index is 2940. The summed E-state index contributed by atoms with van der Waals surface area (Å²) in [5.41, 5.74) is 12.2. The second-order valence-electron chi connectivity index (χ2n) is 14.1. The highest BCUT2D eigenvalue weighted by atomic mass is 16.3. The molecular formula is C50H33N3O. The Labute approximate surface area is 313 Å². The van der Waals surface area contributed by atoms with Crippen LogP contribution in [0.2, 0.25) is 0 Å². The van der Waals surface area contributed by atoms with Crippen LogP contribution in [0.15, 0.2) is 193 Å². The van der Waals surface area contributed by atoms with Gasteiger partial charge in [-0.15, -0.1) is 0 Å². The van der Waals surface area contributed by atoms with Crippen molar-refractivity contribution in [1.82, 2.24) is 9.97 Å². The molecule has 0 amide bonds. The monoisotopic (exact) mass is 691 g/mol. The van der Waals surface area contributed by atoms with Crippen molar-refractivity contribution < 1.29 is 4.42 Å². The molecule has 2 aromatic heterocycles. The Morgan fingerprint density at radius 2 is 1.15 bits per heavy atom. The molecule has 2 unspecified atom stereocenters. The number of allylic oxidation sites excluding steroid dienone is 2. The lowest BCUT2D eigenvalue weighted by molar-refractivity contribution is 0.668. The first-order chi connectivity index (χ1) is 26.8. The summed E-state index contributed by atoms with van der Waals surface area (Å²) in [5, 5.41) is 4.50. The van der Waals surface area contributed by atoms with Gasteiger partial charge in [0.1, 0.15) is 5.58 Å². The number of anilines is 2. The molecule has 0 N–H and O–H groups in total. The molecule has 0 radical (unpaired) electrons. The predicted molar refractivity (Wildman–Crippen MR) is 222 cm³/mol. The number of benzene rings is 7. The summed E-state index contributed by atoms with van der Waals surface area (Å²) in [6.07, 6.45) is 8.93. The summed E-state index contributed by atoms with van der Waals surface area (Å²) >= 11 is 0. The van der Waals surface area contributed by atoms with Crippen molar-refractivity contribution in [2.75, 3.05) is 4.90 Å². The van der Waals surface area contributed by atoms with E-state index in [1.54, 1.807) is 0 Å². The molecule has 2 atom stereocenters. The van der Waals surface area contributed by atoms with Crippen LogP contribution in [0.25, 0.3) is 77.7 Å². The number of nitrogens with zero attached hydrogens (tertiary/aromatic N) is 3. The molecule has 0 saturated carbocycles. The van der Waals surface area contributed by atoms with E-state index in [2.05, 4.69) is 187 Å². The van der Waals surface area contributed by atoms with E-state index in [0.29, 0.717) is 5.82 Å². The Morgan fingerprint density at radius 3 is 1.98 bits per heavy atom. The molecule has 1 aliphatic heterocycles. The minimum atomic E-state index is 0.170. The summed E-state index contributed by atoms with van der Waals surface area (Å²) in [6.45, 7) is 0. The first kappa shape index (κ1) is 30.6. The summed E-state index contributed by atoms with van der Waals surface area (Å²) in [6, 6.07) is 57.9. The van der Waals surface area contributed by atoms with Gasteiger partial charge in [0.15, 0.2) is 11.4 Å². The third kappa shape index (κ3) is 4.91. The second-order valence-corrected chi connectivity index (χ2v) is 14.1. The van der Waals surface area contributed by atoms with E-state index < -0.39 is 0 Å². The lowest BCUT2D eigenvalue weighted by Crippen LogP contribution is -2.28. The topological polar surface area (TPSA) is 42.2 Å². The Kier molecular flexibility index (Phi) is 6.96. The predicted octanol–water partition coefficient (Wildman–Crippen LogP) is 12.9. The molecule has 3 heterocycles. The molecule has 0 spiro atoms. The summed E-state index contributed by atoms with van der Waals surface area (Å²) < 4.78 is 7.08. The van der Waals surface area contributed by atoms with Crippen molar-refractivity contribution in [3.05, 3.63) is 194 Å². The average Bonchev–Trinajstić information content (AvgIpc) is 3.80. The van der Waals surface area contributed by atoms with E-state index in [9.17, 15) is 0 Å². The van der Waals surface area contributed by atoms with Gasteiger partial charge in [-0.3, -0.25) is 0 Å². The minimum absolute atomic E-state index is 0.170. The van der Waals surface area contributed by atoms with Gasteiger partial charge in [0, 0.05) is 33.5 Å². The highest BCUT2D eigenvalue weighted by Gasteiger charge is 2.40. The molecule has 7 aromatic carbocycles. The number of rotatable bonds is 5. The normalized spacial score (nSPS) is 16.0. The molecule has 54 heavy (non-hydrogen) atoms.